The minimum atomic E-state index is -0.912. The number of carbonyl (C=O) groups excluding carboxylic acids is 1. The van der Waals surface area contributed by atoms with E-state index in [0.29, 0.717) is 18.5 Å². The molecule has 0 spiro atoms. The Balaban J connectivity index is 2.20. The van der Waals surface area contributed by atoms with Crippen molar-refractivity contribution < 1.29 is 14.7 Å². The second-order valence-corrected chi connectivity index (χ2v) is 5.78. The van der Waals surface area contributed by atoms with Crippen molar-refractivity contribution >= 4 is 17.6 Å². The Labute approximate surface area is 123 Å². The Morgan fingerprint density at radius 1 is 1.24 bits per heavy atom. The van der Waals surface area contributed by atoms with Gasteiger partial charge in [-0.25, -0.2) is 0 Å². The molecule has 0 saturated carbocycles. The number of carbonyl (C=O) groups is 2. The Morgan fingerprint density at radius 2 is 1.81 bits per heavy atom. The molecule has 1 heterocycles. The Bertz CT molecular complexity index is 616. The molecule has 1 aliphatic carbocycles. The van der Waals surface area contributed by atoms with Crippen LogP contribution in [0, 0.1) is 18.8 Å². The van der Waals surface area contributed by atoms with Crippen molar-refractivity contribution in [1.29, 1.82) is 0 Å². The molecule has 6 heteroatoms. The maximum Gasteiger partial charge on any atom is 0.307 e. The molecule has 0 fully saturated rings. The highest BCUT2D eigenvalue weighted by atomic mass is 16.4. The second kappa shape index (κ2) is 5.71. The summed E-state index contributed by atoms with van der Waals surface area (Å²) in [6.45, 7) is 5.75. The molecule has 1 aliphatic rings. The highest BCUT2D eigenvalue weighted by Gasteiger charge is 2.37. The predicted octanol–water partition coefficient (Wildman–Crippen LogP) is 2.11. The number of carboxylic acids is 1. The lowest BCUT2D eigenvalue weighted by atomic mass is 9.76. The van der Waals surface area contributed by atoms with Gasteiger partial charge < -0.3 is 10.4 Å². The molecule has 1 aromatic heterocycles. The van der Waals surface area contributed by atoms with Gasteiger partial charge in [-0.2, -0.15) is 5.10 Å². The molecule has 0 aromatic carbocycles. The van der Waals surface area contributed by atoms with Crippen LogP contribution in [-0.4, -0.2) is 26.8 Å². The van der Waals surface area contributed by atoms with Crippen molar-refractivity contribution in [2.75, 3.05) is 5.32 Å². The monoisotopic (exact) mass is 291 g/mol. The highest BCUT2D eigenvalue weighted by Crippen LogP contribution is 2.35. The molecule has 0 radical (unpaired) electrons. The summed E-state index contributed by atoms with van der Waals surface area (Å²) in [6, 6.07) is 0. The quantitative estimate of drug-likeness (QED) is 0.835. The van der Waals surface area contributed by atoms with Crippen molar-refractivity contribution in [1.82, 2.24) is 9.78 Å². The molecule has 6 nitrogen and oxygen atoms in total. The first kappa shape index (κ1) is 15.3. The summed E-state index contributed by atoms with van der Waals surface area (Å²) in [5, 5.41) is 16.3. The standard InChI is InChI=1S/C15H21N3O3/c1-8-5-11(12(15(20)21)6-9(8)2)14(19)17-13-7-16-18(4)10(13)3/h7,11-12H,5-6H2,1-4H3,(H,17,19)(H,20,21)/t11-,12-/m0/s1. The largest absolute Gasteiger partial charge is 0.481 e. The van der Waals surface area contributed by atoms with E-state index in [1.807, 2.05) is 20.8 Å². The number of carboxylic acid groups (broad SMARTS) is 1. The van der Waals surface area contributed by atoms with E-state index < -0.39 is 17.8 Å². The van der Waals surface area contributed by atoms with Crippen LogP contribution in [0.25, 0.3) is 0 Å². The first-order valence-corrected chi connectivity index (χ1v) is 6.98. The topological polar surface area (TPSA) is 84.2 Å². The first-order valence-electron chi connectivity index (χ1n) is 6.98. The number of hydrogen-bond acceptors (Lipinski definition) is 3. The molecule has 21 heavy (non-hydrogen) atoms. The van der Waals surface area contributed by atoms with Gasteiger partial charge in [0.25, 0.3) is 0 Å². The van der Waals surface area contributed by atoms with Crippen molar-refractivity contribution in [3.63, 3.8) is 0 Å². The smallest absolute Gasteiger partial charge is 0.307 e. The molecule has 0 unspecified atom stereocenters. The number of aryl methyl sites for hydroxylation is 1. The van der Waals surface area contributed by atoms with Crippen LogP contribution in [0.3, 0.4) is 0 Å². The lowest BCUT2D eigenvalue weighted by molar-refractivity contribution is -0.146. The Morgan fingerprint density at radius 3 is 2.29 bits per heavy atom. The molecular formula is C15H21N3O3. The second-order valence-electron chi connectivity index (χ2n) is 5.78. The summed E-state index contributed by atoms with van der Waals surface area (Å²) < 4.78 is 1.67. The fourth-order valence-corrected chi connectivity index (χ4v) is 2.67. The van der Waals surface area contributed by atoms with Gasteiger partial charge in [-0.3, -0.25) is 14.3 Å². The number of aliphatic carboxylic acids is 1. The van der Waals surface area contributed by atoms with Crippen LogP contribution in [0.15, 0.2) is 17.3 Å². The molecule has 1 aromatic rings. The van der Waals surface area contributed by atoms with Crippen molar-refractivity contribution in [3.8, 4) is 0 Å². The summed E-state index contributed by atoms with van der Waals surface area (Å²) in [5.74, 6) is -2.35. The van der Waals surface area contributed by atoms with E-state index in [-0.39, 0.29) is 5.91 Å². The van der Waals surface area contributed by atoms with E-state index in [9.17, 15) is 14.7 Å². The van der Waals surface area contributed by atoms with Gasteiger partial charge in [-0.05, 0) is 33.6 Å². The van der Waals surface area contributed by atoms with Crippen LogP contribution in [-0.2, 0) is 16.6 Å². The minimum absolute atomic E-state index is 0.245. The summed E-state index contributed by atoms with van der Waals surface area (Å²) in [7, 11) is 1.79. The normalized spacial score (nSPS) is 22.3. The summed E-state index contributed by atoms with van der Waals surface area (Å²) >= 11 is 0. The van der Waals surface area contributed by atoms with E-state index >= 15 is 0 Å². The van der Waals surface area contributed by atoms with E-state index in [1.54, 1.807) is 17.9 Å². The molecule has 0 saturated heterocycles. The maximum atomic E-state index is 12.5. The molecule has 114 valence electrons. The predicted molar refractivity (Wildman–Crippen MR) is 78.8 cm³/mol. The van der Waals surface area contributed by atoms with Gasteiger partial charge in [-0.1, -0.05) is 11.1 Å². The van der Waals surface area contributed by atoms with E-state index in [4.69, 9.17) is 0 Å². The Hall–Kier alpha value is -2.11. The van der Waals surface area contributed by atoms with Crippen LogP contribution in [0.4, 0.5) is 5.69 Å². The fourth-order valence-electron chi connectivity index (χ4n) is 2.67. The molecule has 2 rings (SSSR count). The van der Waals surface area contributed by atoms with Gasteiger partial charge >= 0.3 is 5.97 Å². The minimum Gasteiger partial charge on any atom is -0.481 e. The Kier molecular flexibility index (Phi) is 4.16. The zero-order valence-corrected chi connectivity index (χ0v) is 12.8. The fraction of sp³-hybridized carbons (Fsp3) is 0.533. The number of allylic oxidation sites excluding steroid dienone is 2. The van der Waals surface area contributed by atoms with Crippen LogP contribution in [0.2, 0.25) is 0 Å². The highest BCUT2D eigenvalue weighted by molar-refractivity contribution is 5.95. The SMILES string of the molecule is CC1=C(C)C[C@H](C(=O)Nc2cnn(C)c2C)[C@@H](C(=O)O)C1. The van der Waals surface area contributed by atoms with Crippen molar-refractivity contribution in [2.45, 2.75) is 33.6 Å². The lowest BCUT2D eigenvalue weighted by Gasteiger charge is -2.29. The van der Waals surface area contributed by atoms with Crippen molar-refractivity contribution in [2.24, 2.45) is 18.9 Å². The summed E-state index contributed by atoms with van der Waals surface area (Å²) in [4.78, 5) is 23.9. The van der Waals surface area contributed by atoms with Gasteiger partial charge in [0.15, 0.2) is 0 Å². The van der Waals surface area contributed by atoms with E-state index in [0.717, 1.165) is 16.8 Å². The van der Waals surface area contributed by atoms with Gasteiger partial charge in [0.05, 0.1) is 29.4 Å². The van der Waals surface area contributed by atoms with Crippen LogP contribution in [0.5, 0.6) is 0 Å². The lowest BCUT2D eigenvalue weighted by Crippen LogP contribution is -2.36. The summed E-state index contributed by atoms with van der Waals surface area (Å²) in [5.41, 5.74) is 3.66. The molecule has 2 atom stereocenters. The van der Waals surface area contributed by atoms with Crippen molar-refractivity contribution in [3.05, 3.63) is 23.0 Å². The third-order valence-electron chi connectivity index (χ3n) is 4.41. The number of anilines is 1. The van der Waals surface area contributed by atoms with Gasteiger partial charge in [0.1, 0.15) is 0 Å². The maximum absolute atomic E-state index is 12.5. The number of nitrogens with zero attached hydrogens (tertiary/aromatic N) is 2. The van der Waals surface area contributed by atoms with Gasteiger partial charge in [0, 0.05) is 7.05 Å². The van der Waals surface area contributed by atoms with Gasteiger partial charge in [-0.15, -0.1) is 0 Å². The number of aromatic nitrogens is 2. The molecule has 2 N–H and O–H groups in total. The number of rotatable bonds is 3. The zero-order valence-electron chi connectivity index (χ0n) is 12.8. The first-order chi connectivity index (χ1) is 9.81. The summed E-state index contributed by atoms with van der Waals surface area (Å²) in [6.07, 6.45) is 2.51. The molecule has 0 aliphatic heterocycles. The average Bonchev–Trinajstić information content (AvgIpc) is 2.73. The molecule has 1 amide bonds. The van der Waals surface area contributed by atoms with Crippen LogP contribution >= 0.6 is 0 Å². The van der Waals surface area contributed by atoms with E-state index in [2.05, 4.69) is 10.4 Å². The zero-order chi connectivity index (χ0) is 15.7. The number of hydrogen-bond donors (Lipinski definition) is 2. The van der Waals surface area contributed by atoms with Gasteiger partial charge in [0.2, 0.25) is 5.91 Å². The average molecular weight is 291 g/mol. The number of nitrogens with one attached hydrogen (secondary N) is 1. The number of amides is 1. The van der Waals surface area contributed by atoms with Crippen LogP contribution in [0.1, 0.15) is 32.4 Å². The molecular weight excluding hydrogens is 270 g/mol. The third-order valence-corrected chi connectivity index (χ3v) is 4.41. The third kappa shape index (κ3) is 2.99. The van der Waals surface area contributed by atoms with E-state index in [1.165, 1.54) is 0 Å². The van der Waals surface area contributed by atoms with Crippen LogP contribution < -0.4 is 5.32 Å². The molecule has 0 bridgehead atoms.